The zero-order valence-corrected chi connectivity index (χ0v) is 12.3. The van der Waals surface area contributed by atoms with Crippen LogP contribution in [0.2, 0.25) is 0 Å². The first kappa shape index (κ1) is 13.4. The maximum atomic E-state index is 3.45. The summed E-state index contributed by atoms with van der Waals surface area (Å²) in [5.74, 6) is 0.686. The minimum atomic E-state index is 0.596. The molecule has 3 atom stereocenters. The topological polar surface area (TPSA) is 15.3 Å². The quantitative estimate of drug-likeness (QED) is 0.862. The van der Waals surface area contributed by atoms with Gasteiger partial charge in [0.15, 0.2) is 0 Å². The first-order chi connectivity index (χ1) is 8.54. The lowest BCUT2D eigenvalue weighted by Crippen LogP contribution is -2.52. The fraction of sp³-hybridized carbons (Fsp3) is 0.625. The van der Waals surface area contributed by atoms with Crippen molar-refractivity contribution in [2.45, 2.75) is 46.2 Å². The Bertz CT molecular complexity index is 414. The average molecular weight is 246 g/mol. The van der Waals surface area contributed by atoms with Crippen molar-refractivity contribution in [1.82, 2.24) is 5.32 Å². The monoisotopic (exact) mass is 246 g/mol. The summed E-state index contributed by atoms with van der Waals surface area (Å²) in [6.45, 7) is 10.2. The van der Waals surface area contributed by atoms with Gasteiger partial charge in [0.05, 0.1) is 0 Å². The van der Waals surface area contributed by atoms with Gasteiger partial charge in [-0.25, -0.2) is 0 Å². The van der Waals surface area contributed by atoms with Crippen molar-refractivity contribution in [3.8, 4) is 0 Å². The first-order valence-corrected chi connectivity index (χ1v) is 7.05. The number of anilines is 1. The Morgan fingerprint density at radius 3 is 2.50 bits per heavy atom. The molecule has 1 aromatic rings. The third-order valence-corrected chi connectivity index (χ3v) is 4.76. The molecule has 0 bridgehead atoms. The van der Waals surface area contributed by atoms with Gasteiger partial charge in [-0.15, -0.1) is 0 Å². The van der Waals surface area contributed by atoms with Gasteiger partial charge in [0.25, 0.3) is 0 Å². The molecule has 0 spiro atoms. The molecule has 2 heteroatoms. The van der Waals surface area contributed by atoms with Crippen LogP contribution < -0.4 is 10.2 Å². The van der Waals surface area contributed by atoms with E-state index in [1.807, 2.05) is 0 Å². The van der Waals surface area contributed by atoms with Crippen molar-refractivity contribution in [2.24, 2.45) is 5.92 Å². The molecular formula is C16H26N2. The Balaban J connectivity index is 2.21. The van der Waals surface area contributed by atoms with Gasteiger partial charge in [-0.05, 0) is 63.4 Å². The molecule has 0 saturated carbocycles. The van der Waals surface area contributed by atoms with E-state index in [4.69, 9.17) is 0 Å². The SMILES string of the molecule is CNC1CCN(c2ccc(C)c(C)c2)C(C)C1C. The molecule has 2 nitrogen and oxygen atoms in total. The third-order valence-electron chi connectivity index (χ3n) is 4.76. The number of hydrogen-bond acceptors (Lipinski definition) is 2. The first-order valence-electron chi connectivity index (χ1n) is 7.05. The van der Waals surface area contributed by atoms with Crippen LogP contribution >= 0.6 is 0 Å². The molecule has 100 valence electrons. The highest BCUT2D eigenvalue weighted by molar-refractivity contribution is 5.52. The van der Waals surface area contributed by atoms with E-state index in [1.165, 1.54) is 23.2 Å². The number of nitrogens with one attached hydrogen (secondary N) is 1. The van der Waals surface area contributed by atoms with E-state index in [-0.39, 0.29) is 0 Å². The van der Waals surface area contributed by atoms with E-state index in [1.54, 1.807) is 0 Å². The van der Waals surface area contributed by atoms with Crippen LogP contribution in [-0.2, 0) is 0 Å². The van der Waals surface area contributed by atoms with Crippen molar-refractivity contribution in [3.63, 3.8) is 0 Å². The second kappa shape index (κ2) is 5.31. The lowest BCUT2D eigenvalue weighted by molar-refractivity contribution is 0.282. The molecule has 18 heavy (non-hydrogen) atoms. The number of benzene rings is 1. The Morgan fingerprint density at radius 2 is 1.89 bits per heavy atom. The number of aryl methyl sites for hydroxylation is 2. The normalized spacial score (nSPS) is 28.5. The van der Waals surface area contributed by atoms with Gasteiger partial charge in [-0.2, -0.15) is 0 Å². The summed E-state index contributed by atoms with van der Waals surface area (Å²) in [5.41, 5.74) is 4.15. The summed E-state index contributed by atoms with van der Waals surface area (Å²) in [7, 11) is 2.08. The molecule has 2 rings (SSSR count). The second-order valence-electron chi connectivity index (χ2n) is 5.75. The summed E-state index contributed by atoms with van der Waals surface area (Å²) < 4.78 is 0. The fourth-order valence-corrected chi connectivity index (χ4v) is 3.04. The van der Waals surface area contributed by atoms with Crippen LogP contribution in [0.1, 0.15) is 31.4 Å². The molecule has 0 aromatic heterocycles. The van der Waals surface area contributed by atoms with Crippen LogP contribution in [0.25, 0.3) is 0 Å². The summed E-state index contributed by atoms with van der Waals surface area (Å²) in [6, 6.07) is 8.09. The Kier molecular flexibility index (Phi) is 3.96. The molecule has 0 amide bonds. The van der Waals surface area contributed by atoms with Crippen LogP contribution in [0.3, 0.4) is 0 Å². The largest absolute Gasteiger partial charge is 0.368 e. The van der Waals surface area contributed by atoms with E-state index in [0.29, 0.717) is 18.0 Å². The maximum Gasteiger partial charge on any atom is 0.0371 e. The molecular weight excluding hydrogens is 220 g/mol. The predicted molar refractivity (Wildman–Crippen MR) is 79.4 cm³/mol. The predicted octanol–water partition coefficient (Wildman–Crippen LogP) is 3.13. The van der Waals surface area contributed by atoms with Gasteiger partial charge >= 0.3 is 0 Å². The lowest BCUT2D eigenvalue weighted by atomic mass is 9.86. The van der Waals surface area contributed by atoms with Crippen LogP contribution in [0.4, 0.5) is 5.69 Å². The van der Waals surface area contributed by atoms with E-state index >= 15 is 0 Å². The summed E-state index contributed by atoms with van der Waals surface area (Å²) in [4.78, 5) is 2.56. The minimum Gasteiger partial charge on any atom is -0.368 e. The van der Waals surface area contributed by atoms with E-state index in [0.717, 1.165) is 6.54 Å². The van der Waals surface area contributed by atoms with Gasteiger partial charge in [-0.3, -0.25) is 0 Å². The molecule has 1 saturated heterocycles. The third kappa shape index (κ3) is 2.39. The van der Waals surface area contributed by atoms with Crippen molar-refractivity contribution < 1.29 is 0 Å². The van der Waals surface area contributed by atoms with Crippen LogP contribution in [0.15, 0.2) is 18.2 Å². The van der Waals surface area contributed by atoms with Gasteiger partial charge < -0.3 is 10.2 Å². The number of nitrogens with zero attached hydrogens (tertiary/aromatic N) is 1. The van der Waals surface area contributed by atoms with Crippen LogP contribution in [0.5, 0.6) is 0 Å². The van der Waals surface area contributed by atoms with E-state index in [2.05, 4.69) is 63.2 Å². The lowest BCUT2D eigenvalue weighted by Gasteiger charge is -2.44. The summed E-state index contributed by atoms with van der Waals surface area (Å²) in [5, 5.41) is 3.45. The second-order valence-corrected chi connectivity index (χ2v) is 5.75. The number of rotatable bonds is 2. The molecule has 1 aliphatic rings. The van der Waals surface area contributed by atoms with E-state index < -0.39 is 0 Å². The highest BCUT2D eigenvalue weighted by atomic mass is 15.2. The molecule has 1 heterocycles. The number of piperidine rings is 1. The van der Waals surface area contributed by atoms with Crippen molar-refractivity contribution >= 4 is 5.69 Å². The van der Waals surface area contributed by atoms with Crippen LogP contribution in [0, 0.1) is 19.8 Å². The highest BCUT2D eigenvalue weighted by Gasteiger charge is 2.31. The average Bonchev–Trinajstić information content (AvgIpc) is 2.36. The van der Waals surface area contributed by atoms with Gasteiger partial charge in [0, 0.05) is 24.3 Å². The van der Waals surface area contributed by atoms with Crippen molar-refractivity contribution in [2.75, 3.05) is 18.5 Å². The molecule has 3 unspecified atom stereocenters. The molecule has 1 aromatic carbocycles. The zero-order chi connectivity index (χ0) is 13.3. The fourth-order valence-electron chi connectivity index (χ4n) is 3.04. The maximum absolute atomic E-state index is 3.45. The Morgan fingerprint density at radius 1 is 1.17 bits per heavy atom. The standard InChI is InChI=1S/C16H26N2/c1-11-6-7-15(10-12(11)2)18-9-8-16(17-5)13(3)14(18)4/h6-7,10,13-14,16-17H,8-9H2,1-5H3. The van der Waals surface area contributed by atoms with Gasteiger partial charge in [0.2, 0.25) is 0 Å². The molecule has 0 aliphatic carbocycles. The summed E-state index contributed by atoms with van der Waals surface area (Å²) >= 11 is 0. The molecule has 1 aliphatic heterocycles. The summed E-state index contributed by atoms with van der Waals surface area (Å²) in [6.07, 6.45) is 1.23. The minimum absolute atomic E-state index is 0.596. The van der Waals surface area contributed by atoms with E-state index in [9.17, 15) is 0 Å². The Labute approximate surface area is 111 Å². The smallest absolute Gasteiger partial charge is 0.0371 e. The zero-order valence-electron chi connectivity index (χ0n) is 12.3. The van der Waals surface area contributed by atoms with Crippen molar-refractivity contribution in [1.29, 1.82) is 0 Å². The molecule has 1 N–H and O–H groups in total. The van der Waals surface area contributed by atoms with Crippen LogP contribution in [-0.4, -0.2) is 25.7 Å². The Hall–Kier alpha value is -1.02. The molecule has 1 fully saturated rings. The van der Waals surface area contributed by atoms with Gasteiger partial charge in [-0.1, -0.05) is 13.0 Å². The molecule has 0 radical (unpaired) electrons. The van der Waals surface area contributed by atoms with Crippen molar-refractivity contribution in [3.05, 3.63) is 29.3 Å². The highest BCUT2D eigenvalue weighted by Crippen LogP contribution is 2.29. The van der Waals surface area contributed by atoms with Gasteiger partial charge in [0.1, 0.15) is 0 Å². The number of hydrogen-bond donors (Lipinski definition) is 1.